The topological polar surface area (TPSA) is 130 Å². The Morgan fingerprint density at radius 1 is 1.34 bits per heavy atom. The molecular weight excluding hydrogens is 529 g/mol. The Kier molecular flexibility index (Phi) is 6.89. The van der Waals surface area contributed by atoms with Crippen LogP contribution >= 0.6 is 34.9 Å². The van der Waals surface area contributed by atoms with Gasteiger partial charge in [-0.3, -0.25) is 19.2 Å². The highest BCUT2D eigenvalue weighted by atomic mass is 32.2. The van der Waals surface area contributed by atoms with E-state index in [1.54, 1.807) is 0 Å². The molecule has 0 bridgehead atoms. The third kappa shape index (κ3) is 4.91. The van der Waals surface area contributed by atoms with Gasteiger partial charge < -0.3 is 10.4 Å². The average molecular weight is 549 g/mol. The molecule has 10 nitrogen and oxygen atoms in total. The van der Waals surface area contributed by atoms with Crippen LogP contribution in [0.1, 0.15) is 29.4 Å². The quantitative estimate of drug-likeness (QED) is 0.396. The molecule has 0 radical (unpaired) electrons. The molecule has 4 heterocycles. The van der Waals surface area contributed by atoms with Crippen molar-refractivity contribution < 1.29 is 32.7 Å². The van der Waals surface area contributed by atoms with Crippen LogP contribution in [0.25, 0.3) is 0 Å². The van der Waals surface area contributed by atoms with Gasteiger partial charge >= 0.3 is 12.1 Å². The zero-order valence-corrected chi connectivity index (χ0v) is 20.9. The Balaban J connectivity index is 1.46. The van der Waals surface area contributed by atoms with Gasteiger partial charge in [-0.15, -0.1) is 22.0 Å². The van der Waals surface area contributed by atoms with Crippen LogP contribution in [-0.4, -0.2) is 70.7 Å². The number of halogens is 3. The Bertz CT molecular complexity index is 1230. The second-order valence-electron chi connectivity index (χ2n) is 7.82. The van der Waals surface area contributed by atoms with E-state index in [-0.39, 0.29) is 11.4 Å². The molecule has 35 heavy (non-hydrogen) atoms. The van der Waals surface area contributed by atoms with Crippen molar-refractivity contribution in [2.75, 3.05) is 11.5 Å². The van der Waals surface area contributed by atoms with Crippen LogP contribution in [0.5, 0.6) is 0 Å². The first-order valence-corrected chi connectivity index (χ1v) is 13.0. The maximum Gasteiger partial charge on any atom is 0.435 e. The Labute approximate surface area is 209 Å². The smallest absolute Gasteiger partial charge is 0.435 e. The zero-order valence-electron chi connectivity index (χ0n) is 18.5. The van der Waals surface area contributed by atoms with Gasteiger partial charge in [0.1, 0.15) is 28.2 Å². The minimum Gasteiger partial charge on any atom is -0.477 e. The molecule has 1 saturated heterocycles. The number of nitrogens with one attached hydrogen (secondary N) is 1. The molecule has 4 rings (SSSR count). The summed E-state index contributed by atoms with van der Waals surface area (Å²) in [5.41, 5.74) is -0.551. The number of hydrogen-bond donors (Lipinski definition) is 2. The number of carbonyl (C=O) groups excluding carboxylic acids is 2. The van der Waals surface area contributed by atoms with Gasteiger partial charge in [-0.25, -0.2) is 4.79 Å². The fourth-order valence-electron chi connectivity index (χ4n) is 3.68. The highest BCUT2D eigenvalue weighted by Gasteiger charge is 2.54. The van der Waals surface area contributed by atoms with Gasteiger partial charge in [-0.1, -0.05) is 23.1 Å². The van der Waals surface area contributed by atoms with Gasteiger partial charge in [-0.05, 0) is 32.4 Å². The molecule has 0 unspecified atom stereocenters. The number of fused-ring (bicyclic) bond motifs is 1. The van der Waals surface area contributed by atoms with E-state index in [0.29, 0.717) is 21.4 Å². The van der Waals surface area contributed by atoms with Crippen molar-refractivity contribution >= 4 is 52.6 Å². The minimum atomic E-state index is -4.65. The Morgan fingerprint density at radius 3 is 2.63 bits per heavy atom. The highest BCUT2D eigenvalue weighted by molar-refractivity contribution is 8.01. The predicted molar refractivity (Wildman–Crippen MR) is 122 cm³/mol. The lowest BCUT2D eigenvalue weighted by Gasteiger charge is -2.49. The van der Waals surface area contributed by atoms with Gasteiger partial charge in [-0.2, -0.15) is 18.3 Å². The lowest BCUT2D eigenvalue weighted by molar-refractivity contribution is -0.151. The van der Waals surface area contributed by atoms with E-state index in [1.165, 1.54) is 48.7 Å². The van der Waals surface area contributed by atoms with Crippen LogP contribution in [0.15, 0.2) is 21.7 Å². The normalized spacial score (nSPS) is 21.0. The molecule has 2 aliphatic rings. The van der Waals surface area contributed by atoms with E-state index in [0.717, 1.165) is 20.7 Å². The number of carbonyl (C=O) groups is 3. The summed E-state index contributed by atoms with van der Waals surface area (Å²) in [5, 5.41) is 23.9. The number of carboxylic acid groups (broad SMARTS) is 1. The van der Waals surface area contributed by atoms with E-state index in [2.05, 4.69) is 20.6 Å². The molecule has 188 valence electrons. The first-order chi connectivity index (χ1) is 16.4. The second kappa shape index (κ2) is 9.46. The summed E-state index contributed by atoms with van der Waals surface area (Å²) in [6.45, 7) is 4.57. The zero-order chi connectivity index (χ0) is 25.7. The fourth-order valence-corrected chi connectivity index (χ4v) is 6.98. The number of thioether (sulfide) groups is 2. The predicted octanol–water partition coefficient (Wildman–Crippen LogP) is 2.46. The minimum absolute atomic E-state index is 0.122. The van der Waals surface area contributed by atoms with Crippen molar-refractivity contribution in [2.45, 2.75) is 48.7 Å². The van der Waals surface area contributed by atoms with Gasteiger partial charge in [0, 0.05) is 17.2 Å². The van der Waals surface area contributed by atoms with Gasteiger partial charge in [0.2, 0.25) is 5.91 Å². The van der Waals surface area contributed by atoms with Gasteiger partial charge in [0.05, 0.1) is 0 Å². The van der Waals surface area contributed by atoms with Crippen LogP contribution in [0.4, 0.5) is 13.2 Å². The molecule has 16 heteroatoms. The number of aliphatic carboxylic acids is 1. The van der Waals surface area contributed by atoms with Crippen LogP contribution in [-0.2, 0) is 20.6 Å². The number of hydrogen-bond acceptors (Lipinski definition) is 9. The maximum atomic E-state index is 13.0. The van der Waals surface area contributed by atoms with E-state index < -0.39 is 47.1 Å². The highest BCUT2D eigenvalue weighted by Crippen LogP contribution is 2.42. The number of aryl methyl sites for hydroxylation is 2. The van der Waals surface area contributed by atoms with Gasteiger partial charge in [0.15, 0.2) is 10.0 Å². The van der Waals surface area contributed by atoms with Crippen molar-refractivity contribution in [1.29, 1.82) is 0 Å². The number of alkyl halides is 3. The molecule has 1 fully saturated rings. The summed E-state index contributed by atoms with van der Waals surface area (Å²) in [5.74, 6) is -1.90. The molecule has 0 saturated carbocycles. The van der Waals surface area contributed by atoms with Gasteiger partial charge in [0.25, 0.3) is 5.91 Å². The van der Waals surface area contributed by atoms with E-state index in [1.807, 2.05) is 6.92 Å². The number of rotatable bonds is 7. The van der Waals surface area contributed by atoms with Crippen LogP contribution in [0.3, 0.4) is 0 Å². The van der Waals surface area contributed by atoms with Crippen LogP contribution < -0.4 is 5.32 Å². The Morgan fingerprint density at radius 2 is 2.06 bits per heavy atom. The first-order valence-electron chi connectivity index (χ1n) is 10.1. The number of aromatic nitrogens is 4. The molecule has 0 aliphatic carbocycles. The number of nitrogens with zero attached hydrogens (tertiary/aromatic N) is 5. The Hall–Kier alpha value is -2.59. The molecule has 2 amide bonds. The van der Waals surface area contributed by atoms with Crippen molar-refractivity contribution in [2.24, 2.45) is 0 Å². The average Bonchev–Trinajstić information content (AvgIpc) is 3.39. The largest absolute Gasteiger partial charge is 0.477 e. The number of β-lactam (4-membered cyclic amide) rings is 1. The first kappa shape index (κ1) is 25.5. The third-order valence-corrected chi connectivity index (χ3v) is 8.78. The lowest BCUT2D eigenvalue weighted by Crippen LogP contribution is -2.71. The molecule has 3 atom stereocenters. The molecule has 0 spiro atoms. The van der Waals surface area contributed by atoms with Crippen molar-refractivity contribution in [3.63, 3.8) is 0 Å². The molecular formula is C19H19F3N6O4S3. The standard InChI is InChI=1S/C19H19F3N6O4S3/c1-7-4-11(19(20,21)22)26-28(7)8(2)14(29)23-12-15(30)27-13(17(31)32)10(5-33-16(12)27)6-34-18-25-24-9(3)35-18/h4,8,12,16H,5-6H2,1-3H3,(H,23,29)(H,31,32)/t8-,12+,16+/m1/s1. The lowest BCUT2D eigenvalue weighted by atomic mass is 10.0. The monoisotopic (exact) mass is 548 g/mol. The fraction of sp³-hybridized carbons (Fsp3) is 0.474. The van der Waals surface area contributed by atoms with Crippen LogP contribution in [0, 0.1) is 13.8 Å². The summed E-state index contributed by atoms with van der Waals surface area (Å²) < 4.78 is 40.5. The molecule has 0 aromatic carbocycles. The van der Waals surface area contributed by atoms with E-state index >= 15 is 0 Å². The number of amides is 2. The number of carboxylic acids is 1. The van der Waals surface area contributed by atoms with Crippen molar-refractivity contribution in [3.8, 4) is 0 Å². The van der Waals surface area contributed by atoms with E-state index in [9.17, 15) is 32.7 Å². The summed E-state index contributed by atoms with van der Waals surface area (Å²) in [4.78, 5) is 38.7. The van der Waals surface area contributed by atoms with E-state index in [4.69, 9.17) is 0 Å². The SMILES string of the molecule is Cc1nnc(SCC2=C(C(=O)O)N3C(=O)[C@H](NC(=O)[C@@H](C)n4nc(C(F)(F)F)cc4C)[C@@H]3SC2)s1. The molecule has 2 N–H and O–H groups in total. The summed E-state index contributed by atoms with van der Waals surface area (Å²) in [6, 6.07) is -1.27. The van der Waals surface area contributed by atoms with Crippen molar-refractivity contribution in [3.05, 3.63) is 33.7 Å². The van der Waals surface area contributed by atoms with Crippen molar-refractivity contribution in [1.82, 2.24) is 30.2 Å². The molecule has 2 aromatic rings. The summed E-state index contributed by atoms with van der Waals surface area (Å²) in [6.07, 6.45) is -4.65. The third-order valence-electron chi connectivity index (χ3n) is 5.38. The summed E-state index contributed by atoms with van der Waals surface area (Å²) in [7, 11) is 0. The summed E-state index contributed by atoms with van der Waals surface area (Å²) >= 11 is 4.01. The maximum absolute atomic E-state index is 13.0. The second-order valence-corrected chi connectivity index (χ2v) is 11.3. The molecule has 2 aromatic heterocycles. The molecule has 2 aliphatic heterocycles. The van der Waals surface area contributed by atoms with Crippen LogP contribution in [0.2, 0.25) is 0 Å².